The molecule has 1 heterocycles. The summed E-state index contributed by atoms with van der Waals surface area (Å²) in [6.07, 6.45) is -3.63. The first kappa shape index (κ1) is 59.3. The molecule has 0 unspecified atom stereocenters. The number of fused-ring (bicyclic) bond motifs is 5. The van der Waals surface area contributed by atoms with E-state index >= 15 is 0 Å². The fourth-order valence-electron chi connectivity index (χ4n) is 7.53. The summed E-state index contributed by atoms with van der Waals surface area (Å²) < 4.78 is 16.0. The molecular formula is C50H76N8O14. The SMILES string of the molecule is CC(C)(C)OC(=O)NCCC[C@@H](CNC(=O)CNC(=O)[C@@H]1Cc2cc(ccc2O)-c2ccc(O)c(c2)C[C@H](NC(=O)OC(C)(C)C)C(=O)N[C@@H](CCCNC(=O)OC(C)(C)C)C(=O)N1)N(C(=O)O)C(C)(C)C. The van der Waals surface area contributed by atoms with Gasteiger partial charge in [-0.05, 0) is 155 Å². The van der Waals surface area contributed by atoms with Gasteiger partial charge in [0.15, 0.2) is 0 Å². The molecule has 0 saturated heterocycles. The molecule has 0 aliphatic carbocycles. The molecule has 72 heavy (non-hydrogen) atoms. The maximum Gasteiger partial charge on any atom is 0.408 e. The Hall–Kier alpha value is -7.00. The first-order valence-electron chi connectivity index (χ1n) is 24.0. The molecule has 0 spiro atoms. The number of hydrogen-bond acceptors (Lipinski definition) is 13. The van der Waals surface area contributed by atoms with Crippen molar-refractivity contribution < 1.29 is 67.9 Å². The molecule has 2 aromatic rings. The predicted octanol–water partition coefficient (Wildman–Crippen LogP) is 4.72. The highest BCUT2D eigenvalue weighted by Crippen LogP contribution is 2.31. The van der Waals surface area contributed by atoms with Crippen molar-refractivity contribution in [3.05, 3.63) is 47.5 Å². The van der Waals surface area contributed by atoms with Crippen molar-refractivity contribution in [1.29, 1.82) is 0 Å². The average Bonchev–Trinajstić information content (AvgIpc) is 3.22. The maximum absolute atomic E-state index is 14.4. The number of benzene rings is 2. The summed E-state index contributed by atoms with van der Waals surface area (Å²) in [6.45, 7) is 19.6. The molecule has 4 atom stereocenters. The van der Waals surface area contributed by atoms with E-state index in [4.69, 9.17) is 14.2 Å². The highest BCUT2D eigenvalue weighted by molar-refractivity contribution is 5.95. The van der Waals surface area contributed by atoms with Crippen LogP contribution in [0.2, 0.25) is 0 Å². The number of aromatic hydroxyl groups is 2. The largest absolute Gasteiger partial charge is 0.508 e. The fourth-order valence-corrected chi connectivity index (χ4v) is 7.53. The van der Waals surface area contributed by atoms with E-state index in [9.17, 15) is 53.7 Å². The number of carboxylic acid groups (broad SMARTS) is 1. The maximum atomic E-state index is 14.4. The van der Waals surface area contributed by atoms with Crippen LogP contribution in [0.4, 0.5) is 19.2 Å². The molecule has 2 aromatic carbocycles. The second-order valence-electron chi connectivity index (χ2n) is 21.6. The minimum atomic E-state index is -1.49. The summed E-state index contributed by atoms with van der Waals surface area (Å²) in [5.74, 6) is -3.75. The van der Waals surface area contributed by atoms with E-state index in [2.05, 4.69) is 37.2 Å². The van der Waals surface area contributed by atoms with E-state index in [0.29, 0.717) is 17.5 Å². The van der Waals surface area contributed by atoms with Gasteiger partial charge in [0.1, 0.15) is 46.4 Å². The normalized spacial score (nSPS) is 17.0. The molecule has 0 radical (unpaired) electrons. The molecule has 4 bridgehead atoms. The Bertz CT molecular complexity index is 2260. The monoisotopic (exact) mass is 1010 g/mol. The smallest absolute Gasteiger partial charge is 0.408 e. The predicted molar refractivity (Wildman–Crippen MR) is 266 cm³/mol. The zero-order valence-electron chi connectivity index (χ0n) is 43.6. The molecule has 1 aliphatic heterocycles. The number of amides is 8. The van der Waals surface area contributed by atoms with Crippen molar-refractivity contribution in [1.82, 2.24) is 42.1 Å². The highest BCUT2D eigenvalue weighted by Gasteiger charge is 2.35. The fraction of sp³-hybridized carbons (Fsp3) is 0.600. The molecule has 10 N–H and O–H groups in total. The number of phenolic OH excluding ortho intramolecular Hbond substituents is 2. The van der Waals surface area contributed by atoms with E-state index in [1.54, 1.807) is 107 Å². The van der Waals surface area contributed by atoms with Crippen LogP contribution in [0, 0.1) is 0 Å². The minimum Gasteiger partial charge on any atom is -0.508 e. The lowest BCUT2D eigenvalue weighted by Gasteiger charge is -2.40. The number of rotatable bonds is 15. The van der Waals surface area contributed by atoms with Gasteiger partial charge in [0.05, 0.1) is 12.6 Å². The zero-order chi connectivity index (χ0) is 54.4. The van der Waals surface area contributed by atoms with Crippen LogP contribution in [0.25, 0.3) is 11.1 Å². The van der Waals surface area contributed by atoms with Gasteiger partial charge in [-0.3, -0.25) is 24.1 Å². The summed E-state index contributed by atoms with van der Waals surface area (Å²) in [6, 6.07) is 4.05. The van der Waals surface area contributed by atoms with E-state index in [0.717, 1.165) is 0 Å². The van der Waals surface area contributed by atoms with Gasteiger partial charge in [-0.2, -0.15) is 0 Å². The Labute approximate surface area is 421 Å². The molecule has 0 saturated carbocycles. The van der Waals surface area contributed by atoms with Crippen LogP contribution in [0.1, 0.15) is 120 Å². The van der Waals surface area contributed by atoms with E-state index in [-0.39, 0.29) is 74.4 Å². The van der Waals surface area contributed by atoms with Crippen molar-refractivity contribution in [2.75, 3.05) is 26.2 Å². The molecule has 8 amide bonds. The summed E-state index contributed by atoms with van der Waals surface area (Å²) in [4.78, 5) is 108. The standard InChI is InChI=1S/C50H76N8O14/c1-47(2,3)58(46(68)69)33(15-13-21-51-43(65)70-48(4,5)6)27-53-39(61)28-54-40(62)35-25-31-23-29(17-19-37(31)59)30-18-20-38(60)32(24-30)26-36(57-45(67)72-50(10,11)12)42(64)55-34(41(63)56-35)16-14-22-52-44(66)71-49(7,8)9/h17-20,23-24,33-36,59-60H,13-16,21-22,25-28H2,1-12H3,(H,51,65)(H,52,66)(H,53,61)(H,54,62)(H,55,64)(H,56,63)(H,57,67)(H,68,69)/t33-,34-,35-,36-/m0/s1. The number of ether oxygens (including phenoxy) is 3. The third kappa shape index (κ3) is 20.8. The molecular weight excluding hydrogens is 937 g/mol. The number of nitrogens with one attached hydrogen (secondary N) is 7. The number of carbonyl (C=O) groups excluding carboxylic acids is 7. The second-order valence-corrected chi connectivity index (χ2v) is 21.6. The van der Waals surface area contributed by atoms with Gasteiger partial charge in [0, 0.05) is 38.0 Å². The van der Waals surface area contributed by atoms with Gasteiger partial charge in [-0.25, -0.2) is 19.2 Å². The lowest BCUT2D eigenvalue weighted by Crippen LogP contribution is -2.58. The lowest BCUT2D eigenvalue weighted by atomic mass is 9.95. The van der Waals surface area contributed by atoms with Crippen molar-refractivity contribution in [3.8, 4) is 22.6 Å². The Morgan fingerprint density at radius 3 is 1.67 bits per heavy atom. The lowest BCUT2D eigenvalue weighted by molar-refractivity contribution is -0.133. The topological polar surface area (TPSA) is 312 Å². The van der Waals surface area contributed by atoms with Crippen molar-refractivity contribution in [2.24, 2.45) is 0 Å². The average molecular weight is 1010 g/mol. The van der Waals surface area contributed by atoms with Gasteiger partial charge < -0.3 is 66.7 Å². The number of phenols is 2. The highest BCUT2D eigenvalue weighted by atomic mass is 16.6. The number of nitrogens with zero attached hydrogens (tertiary/aromatic N) is 1. The summed E-state index contributed by atoms with van der Waals surface area (Å²) in [5.41, 5.74) is -1.89. The molecule has 0 aromatic heterocycles. The van der Waals surface area contributed by atoms with Crippen molar-refractivity contribution >= 4 is 48.0 Å². The van der Waals surface area contributed by atoms with Gasteiger partial charge in [0.25, 0.3) is 0 Å². The van der Waals surface area contributed by atoms with E-state index in [1.807, 2.05) is 0 Å². The second kappa shape index (κ2) is 25.4. The Kier molecular flexibility index (Phi) is 20.9. The van der Waals surface area contributed by atoms with Gasteiger partial charge in [-0.1, -0.05) is 12.1 Å². The molecule has 0 fully saturated rings. The van der Waals surface area contributed by atoms with E-state index < -0.39 is 101 Å². The summed E-state index contributed by atoms with van der Waals surface area (Å²) in [5, 5.41) is 50.6. The third-order valence-corrected chi connectivity index (χ3v) is 10.6. The molecule has 22 heteroatoms. The van der Waals surface area contributed by atoms with Crippen LogP contribution < -0.4 is 37.2 Å². The Balaban J connectivity index is 1.97. The first-order valence-corrected chi connectivity index (χ1v) is 24.0. The van der Waals surface area contributed by atoms with Crippen LogP contribution in [-0.4, -0.2) is 141 Å². The first-order chi connectivity index (χ1) is 33.2. The summed E-state index contributed by atoms with van der Waals surface area (Å²) >= 11 is 0. The minimum absolute atomic E-state index is 0.00167. The van der Waals surface area contributed by atoms with Gasteiger partial charge >= 0.3 is 24.4 Å². The van der Waals surface area contributed by atoms with Crippen LogP contribution in [0.15, 0.2) is 36.4 Å². The number of hydrogen-bond donors (Lipinski definition) is 10. The Morgan fingerprint density at radius 1 is 0.667 bits per heavy atom. The Morgan fingerprint density at radius 2 is 1.17 bits per heavy atom. The quantitative estimate of drug-likeness (QED) is 0.0854. The van der Waals surface area contributed by atoms with Crippen molar-refractivity contribution in [3.63, 3.8) is 0 Å². The number of carbonyl (C=O) groups is 8. The molecule has 400 valence electrons. The molecule has 22 nitrogen and oxygen atoms in total. The summed E-state index contributed by atoms with van der Waals surface area (Å²) in [7, 11) is 0. The van der Waals surface area contributed by atoms with Crippen molar-refractivity contribution in [2.45, 2.75) is 168 Å². The third-order valence-electron chi connectivity index (χ3n) is 10.6. The van der Waals surface area contributed by atoms with Gasteiger partial charge in [0.2, 0.25) is 23.6 Å². The van der Waals surface area contributed by atoms with Crippen LogP contribution in [0.5, 0.6) is 11.5 Å². The zero-order valence-corrected chi connectivity index (χ0v) is 43.6. The van der Waals surface area contributed by atoms with Crippen LogP contribution >= 0.6 is 0 Å². The molecule has 1 aliphatic rings. The van der Waals surface area contributed by atoms with Crippen LogP contribution in [0.3, 0.4) is 0 Å². The molecule has 3 rings (SSSR count). The van der Waals surface area contributed by atoms with Crippen LogP contribution in [-0.2, 0) is 46.2 Å². The van der Waals surface area contributed by atoms with E-state index in [1.165, 1.54) is 17.0 Å². The van der Waals surface area contributed by atoms with Gasteiger partial charge in [-0.15, -0.1) is 0 Å². The number of alkyl carbamates (subject to hydrolysis) is 3.